The standard InChI is InChI=1S/C26H31NO2/c1-18(27-2)19-10-12-20(13-11-19)21-14-16-23(17-15-21)29-26(28)25-9-5-7-22-6-3-4-8-24(22)25/h3-4,6,8,10-13,21,23,25H,5,7,9,14-17H2,1-2H3. The van der Waals surface area contributed by atoms with E-state index in [0.717, 1.165) is 50.7 Å². The third-order valence-electron chi connectivity index (χ3n) is 6.75. The summed E-state index contributed by atoms with van der Waals surface area (Å²) < 4.78 is 5.98. The molecule has 152 valence electrons. The minimum Gasteiger partial charge on any atom is -0.462 e. The lowest BCUT2D eigenvalue weighted by Gasteiger charge is -2.31. The summed E-state index contributed by atoms with van der Waals surface area (Å²) in [5.74, 6) is 0.473. The molecular formula is C26H31NO2. The zero-order valence-corrected chi connectivity index (χ0v) is 17.6. The van der Waals surface area contributed by atoms with E-state index in [4.69, 9.17) is 4.74 Å². The zero-order chi connectivity index (χ0) is 20.2. The molecule has 1 fully saturated rings. The highest BCUT2D eigenvalue weighted by Crippen LogP contribution is 2.37. The van der Waals surface area contributed by atoms with Gasteiger partial charge >= 0.3 is 5.97 Å². The molecule has 3 heteroatoms. The maximum Gasteiger partial charge on any atom is 0.313 e. The zero-order valence-electron chi connectivity index (χ0n) is 17.6. The van der Waals surface area contributed by atoms with Crippen LogP contribution in [0.5, 0.6) is 0 Å². The third-order valence-corrected chi connectivity index (χ3v) is 6.75. The quantitative estimate of drug-likeness (QED) is 0.488. The Morgan fingerprint density at radius 1 is 0.966 bits per heavy atom. The molecule has 0 spiro atoms. The van der Waals surface area contributed by atoms with Crippen LogP contribution in [0, 0.1) is 0 Å². The Morgan fingerprint density at radius 3 is 2.41 bits per heavy atom. The smallest absolute Gasteiger partial charge is 0.313 e. The van der Waals surface area contributed by atoms with E-state index in [1.807, 2.05) is 20.0 Å². The van der Waals surface area contributed by atoms with Crippen LogP contribution in [0.4, 0.5) is 0 Å². The monoisotopic (exact) mass is 389 g/mol. The summed E-state index contributed by atoms with van der Waals surface area (Å²) in [7, 11) is 1.83. The molecule has 0 saturated heterocycles. The lowest BCUT2D eigenvalue weighted by molar-refractivity contribution is -0.153. The van der Waals surface area contributed by atoms with Crippen molar-refractivity contribution < 1.29 is 9.53 Å². The second-order valence-corrected chi connectivity index (χ2v) is 8.49. The number of esters is 1. The first kappa shape index (κ1) is 19.9. The van der Waals surface area contributed by atoms with Gasteiger partial charge < -0.3 is 4.74 Å². The average Bonchev–Trinajstić information content (AvgIpc) is 2.78. The topological polar surface area (TPSA) is 38.7 Å². The fourth-order valence-corrected chi connectivity index (χ4v) is 4.88. The molecule has 0 bridgehead atoms. The highest BCUT2D eigenvalue weighted by atomic mass is 16.5. The number of carbonyl (C=O) groups excluding carboxylic acids is 1. The van der Waals surface area contributed by atoms with Crippen molar-refractivity contribution in [1.82, 2.24) is 0 Å². The summed E-state index contributed by atoms with van der Waals surface area (Å²) in [5.41, 5.74) is 6.14. The van der Waals surface area contributed by atoms with Crippen LogP contribution in [-0.4, -0.2) is 24.8 Å². The molecule has 0 amide bonds. The van der Waals surface area contributed by atoms with Gasteiger partial charge in [0.2, 0.25) is 0 Å². The predicted molar refractivity (Wildman–Crippen MR) is 118 cm³/mol. The fraction of sp³-hybridized carbons (Fsp3) is 0.462. The van der Waals surface area contributed by atoms with Crippen LogP contribution in [0.1, 0.15) is 79.5 Å². The van der Waals surface area contributed by atoms with Gasteiger partial charge in [0.05, 0.1) is 5.92 Å². The second-order valence-electron chi connectivity index (χ2n) is 8.49. The van der Waals surface area contributed by atoms with Crippen molar-refractivity contribution in [2.24, 2.45) is 4.99 Å². The number of fused-ring (bicyclic) bond motifs is 1. The molecule has 1 unspecified atom stereocenters. The molecule has 1 atom stereocenters. The van der Waals surface area contributed by atoms with E-state index in [-0.39, 0.29) is 18.0 Å². The van der Waals surface area contributed by atoms with Gasteiger partial charge in [-0.25, -0.2) is 0 Å². The van der Waals surface area contributed by atoms with Crippen LogP contribution in [-0.2, 0) is 16.0 Å². The number of hydrogen-bond acceptors (Lipinski definition) is 3. The van der Waals surface area contributed by atoms with Crippen molar-refractivity contribution in [2.45, 2.75) is 69.8 Å². The molecule has 2 aliphatic carbocycles. The highest BCUT2D eigenvalue weighted by Gasteiger charge is 2.31. The van der Waals surface area contributed by atoms with Gasteiger partial charge in [-0.05, 0) is 80.0 Å². The Kier molecular flexibility index (Phi) is 6.13. The molecule has 1 saturated carbocycles. The Morgan fingerprint density at radius 2 is 1.69 bits per heavy atom. The first-order valence-electron chi connectivity index (χ1n) is 11.0. The second kappa shape index (κ2) is 8.94. The molecule has 3 nitrogen and oxygen atoms in total. The van der Waals surface area contributed by atoms with Crippen LogP contribution >= 0.6 is 0 Å². The number of nitrogens with zero attached hydrogens (tertiary/aromatic N) is 1. The van der Waals surface area contributed by atoms with Crippen molar-refractivity contribution in [1.29, 1.82) is 0 Å². The largest absolute Gasteiger partial charge is 0.462 e. The van der Waals surface area contributed by atoms with E-state index in [9.17, 15) is 4.79 Å². The van der Waals surface area contributed by atoms with E-state index < -0.39 is 0 Å². The maximum atomic E-state index is 12.9. The van der Waals surface area contributed by atoms with Gasteiger partial charge in [-0.2, -0.15) is 0 Å². The summed E-state index contributed by atoms with van der Waals surface area (Å²) in [5, 5.41) is 0. The lowest BCUT2D eigenvalue weighted by atomic mass is 9.81. The number of rotatable bonds is 4. The summed E-state index contributed by atoms with van der Waals surface area (Å²) in [6, 6.07) is 17.2. The number of carbonyl (C=O) groups is 1. The van der Waals surface area contributed by atoms with Gasteiger partial charge in [-0.1, -0.05) is 48.5 Å². The van der Waals surface area contributed by atoms with Gasteiger partial charge in [0.1, 0.15) is 6.10 Å². The van der Waals surface area contributed by atoms with Crippen molar-refractivity contribution in [3.63, 3.8) is 0 Å². The third kappa shape index (κ3) is 4.44. The molecule has 29 heavy (non-hydrogen) atoms. The van der Waals surface area contributed by atoms with Crippen LogP contribution in [0.3, 0.4) is 0 Å². The van der Waals surface area contributed by atoms with Gasteiger partial charge in [0.25, 0.3) is 0 Å². The molecule has 2 aromatic carbocycles. The van der Waals surface area contributed by atoms with Gasteiger partial charge in [0.15, 0.2) is 0 Å². The number of ether oxygens (including phenoxy) is 1. The maximum absolute atomic E-state index is 12.9. The lowest BCUT2D eigenvalue weighted by Crippen LogP contribution is -2.28. The molecule has 0 aliphatic heterocycles. The number of benzene rings is 2. The Bertz CT molecular complexity index is 876. The Hall–Kier alpha value is -2.42. The normalized spacial score (nSPS) is 24.6. The van der Waals surface area contributed by atoms with E-state index in [1.165, 1.54) is 22.3 Å². The summed E-state index contributed by atoms with van der Waals surface area (Å²) in [6.45, 7) is 2.04. The Labute approximate surface area is 174 Å². The summed E-state index contributed by atoms with van der Waals surface area (Å²) in [4.78, 5) is 17.1. The van der Waals surface area contributed by atoms with Crippen molar-refractivity contribution >= 4 is 11.7 Å². The van der Waals surface area contributed by atoms with E-state index in [0.29, 0.717) is 5.92 Å². The summed E-state index contributed by atoms with van der Waals surface area (Å²) in [6.07, 6.45) is 7.22. The van der Waals surface area contributed by atoms with Gasteiger partial charge in [0, 0.05) is 12.8 Å². The van der Waals surface area contributed by atoms with E-state index in [2.05, 4.69) is 47.5 Å². The number of hydrogen-bond donors (Lipinski definition) is 0. The highest BCUT2D eigenvalue weighted by molar-refractivity contribution is 5.98. The molecule has 0 N–H and O–H groups in total. The van der Waals surface area contributed by atoms with Crippen LogP contribution < -0.4 is 0 Å². The molecule has 2 aromatic rings. The molecular weight excluding hydrogens is 358 g/mol. The minimum absolute atomic E-state index is 0.0146. The molecule has 0 aromatic heterocycles. The van der Waals surface area contributed by atoms with E-state index in [1.54, 1.807) is 0 Å². The first-order chi connectivity index (χ1) is 14.2. The molecule has 4 rings (SSSR count). The SMILES string of the molecule is CN=C(C)c1ccc(C2CCC(OC(=O)C3CCCc4ccccc43)CC2)cc1. The minimum atomic E-state index is -0.0753. The first-order valence-corrected chi connectivity index (χ1v) is 11.0. The predicted octanol–water partition coefficient (Wildman–Crippen LogP) is 5.81. The van der Waals surface area contributed by atoms with Gasteiger partial charge in [-0.3, -0.25) is 9.79 Å². The number of aryl methyl sites for hydroxylation is 1. The fourth-order valence-electron chi connectivity index (χ4n) is 4.88. The number of aliphatic imine (C=N–C) groups is 1. The Balaban J connectivity index is 1.33. The van der Waals surface area contributed by atoms with Crippen molar-refractivity contribution in [3.05, 3.63) is 70.8 Å². The van der Waals surface area contributed by atoms with Crippen LogP contribution in [0.15, 0.2) is 53.5 Å². The van der Waals surface area contributed by atoms with E-state index >= 15 is 0 Å². The van der Waals surface area contributed by atoms with Crippen LogP contribution in [0.25, 0.3) is 0 Å². The van der Waals surface area contributed by atoms with Crippen LogP contribution in [0.2, 0.25) is 0 Å². The van der Waals surface area contributed by atoms with Crippen molar-refractivity contribution in [2.75, 3.05) is 7.05 Å². The summed E-state index contributed by atoms with van der Waals surface area (Å²) >= 11 is 0. The molecule has 0 heterocycles. The molecule has 0 radical (unpaired) electrons. The average molecular weight is 390 g/mol. The van der Waals surface area contributed by atoms with Crippen molar-refractivity contribution in [3.8, 4) is 0 Å². The van der Waals surface area contributed by atoms with Gasteiger partial charge in [-0.15, -0.1) is 0 Å². The molecule has 2 aliphatic rings.